The fraction of sp³-hybridized carbons (Fsp3) is 0.571. The average Bonchev–Trinajstić information content (AvgIpc) is 2.43. The van der Waals surface area contributed by atoms with Crippen molar-refractivity contribution in [2.75, 3.05) is 20.2 Å². The Morgan fingerprint density at radius 1 is 1.67 bits per heavy atom. The summed E-state index contributed by atoms with van der Waals surface area (Å²) < 4.78 is 18.3. The van der Waals surface area contributed by atoms with Crippen molar-refractivity contribution in [3.05, 3.63) is 23.7 Å². The molecular formula is C14H19FN2O4. The Morgan fingerprint density at radius 2 is 2.38 bits per heavy atom. The van der Waals surface area contributed by atoms with Gasteiger partial charge in [0.25, 0.3) is 0 Å². The van der Waals surface area contributed by atoms with Gasteiger partial charge in [0, 0.05) is 31.1 Å². The highest BCUT2D eigenvalue weighted by molar-refractivity contribution is 6.02. The molecule has 1 aliphatic heterocycles. The predicted molar refractivity (Wildman–Crippen MR) is 73.4 cm³/mol. The van der Waals surface area contributed by atoms with Crippen LogP contribution in [0.5, 0.6) is 0 Å². The highest BCUT2D eigenvalue weighted by atomic mass is 19.1. The van der Waals surface area contributed by atoms with Gasteiger partial charge in [-0.2, -0.15) is 0 Å². The van der Waals surface area contributed by atoms with E-state index in [9.17, 15) is 14.0 Å². The fourth-order valence-corrected chi connectivity index (χ4v) is 2.76. The number of aliphatic hydroxyl groups is 1. The number of carbonyl (C=O) groups is 2. The number of nitrogens with zero attached hydrogens (tertiary/aromatic N) is 1. The fourth-order valence-electron chi connectivity index (χ4n) is 2.76. The molecule has 1 saturated heterocycles. The number of ether oxygens (including phenoxy) is 1. The summed E-state index contributed by atoms with van der Waals surface area (Å²) in [7, 11) is 1.29. The van der Waals surface area contributed by atoms with E-state index in [-0.39, 0.29) is 17.7 Å². The lowest BCUT2D eigenvalue weighted by Crippen LogP contribution is -2.60. The van der Waals surface area contributed by atoms with Crippen LogP contribution in [-0.2, 0) is 9.53 Å². The Hall–Kier alpha value is -1.89. The lowest BCUT2D eigenvalue weighted by Gasteiger charge is -2.47. The monoisotopic (exact) mass is 298 g/mol. The third kappa shape index (κ3) is 2.92. The molecule has 1 fully saturated rings. The third-order valence-electron chi connectivity index (χ3n) is 4.13. The molecule has 0 bridgehead atoms. The quantitative estimate of drug-likeness (QED) is 0.606. The van der Waals surface area contributed by atoms with E-state index in [0.717, 1.165) is 13.0 Å². The second kappa shape index (κ2) is 6.26. The molecule has 116 valence electrons. The van der Waals surface area contributed by atoms with Crippen molar-refractivity contribution in [1.29, 1.82) is 0 Å². The van der Waals surface area contributed by atoms with Gasteiger partial charge in [-0.15, -0.1) is 0 Å². The van der Waals surface area contributed by atoms with Crippen molar-refractivity contribution < 1.29 is 23.8 Å². The van der Waals surface area contributed by atoms with Crippen LogP contribution in [-0.4, -0.2) is 54.2 Å². The molecule has 21 heavy (non-hydrogen) atoms. The molecular weight excluding hydrogens is 279 g/mol. The Bertz CT molecular complexity index is 503. The predicted octanol–water partition coefficient (Wildman–Crippen LogP) is 1.30. The maximum Gasteiger partial charge on any atom is 0.406 e. The van der Waals surface area contributed by atoms with Crippen LogP contribution in [0.4, 0.5) is 9.18 Å². The van der Waals surface area contributed by atoms with E-state index >= 15 is 0 Å². The molecule has 2 aliphatic rings. The maximum atomic E-state index is 13.8. The standard InChI is InChI=1S/C14H19FN2O4/c1-8-12(5-11(15)10(7-18)13(8)19)17-4-3-9(17)6-16-14(20)21-2/h5,7-9,12,18H,3-4,6H2,1-2H3,(H,16,20). The van der Waals surface area contributed by atoms with Crippen LogP contribution in [0.15, 0.2) is 23.7 Å². The highest BCUT2D eigenvalue weighted by Gasteiger charge is 2.41. The smallest absolute Gasteiger partial charge is 0.406 e. The van der Waals surface area contributed by atoms with Crippen LogP contribution >= 0.6 is 0 Å². The molecule has 6 nitrogen and oxygen atoms in total. The van der Waals surface area contributed by atoms with Crippen molar-refractivity contribution in [2.45, 2.75) is 25.4 Å². The zero-order valence-corrected chi connectivity index (χ0v) is 12.0. The van der Waals surface area contributed by atoms with Gasteiger partial charge in [-0.05, 0) is 12.5 Å². The minimum atomic E-state index is -0.697. The van der Waals surface area contributed by atoms with Gasteiger partial charge >= 0.3 is 6.09 Å². The van der Waals surface area contributed by atoms with Crippen LogP contribution in [0.25, 0.3) is 0 Å². The number of ketones is 1. The number of rotatable bonds is 3. The van der Waals surface area contributed by atoms with Crippen molar-refractivity contribution in [1.82, 2.24) is 10.2 Å². The zero-order valence-electron chi connectivity index (χ0n) is 12.0. The number of likely N-dealkylation sites (tertiary alicyclic amines) is 1. The molecule has 0 aromatic rings. The number of alkyl carbamates (subject to hydrolysis) is 1. The third-order valence-corrected chi connectivity index (χ3v) is 4.13. The van der Waals surface area contributed by atoms with Crippen molar-refractivity contribution >= 4 is 11.9 Å². The maximum absolute atomic E-state index is 13.8. The van der Waals surface area contributed by atoms with Gasteiger partial charge in [-0.1, -0.05) is 6.92 Å². The summed E-state index contributed by atoms with van der Waals surface area (Å²) in [5.41, 5.74) is -0.275. The molecule has 0 saturated carbocycles. The van der Waals surface area contributed by atoms with Crippen molar-refractivity contribution in [2.24, 2.45) is 5.92 Å². The molecule has 2 rings (SSSR count). The summed E-state index contributed by atoms with van der Waals surface area (Å²) >= 11 is 0. The number of carbonyl (C=O) groups excluding carboxylic acids is 2. The summed E-state index contributed by atoms with van der Waals surface area (Å²) in [6.45, 7) is 2.84. The van der Waals surface area contributed by atoms with Crippen molar-refractivity contribution in [3.8, 4) is 0 Å². The number of nitrogens with one attached hydrogen (secondary N) is 1. The van der Waals surface area contributed by atoms with Gasteiger partial charge in [0.05, 0.1) is 18.9 Å². The number of hydrogen-bond donors (Lipinski definition) is 2. The summed E-state index contributed by atoms with van der Waals surface area (Å²) in [4.78, 5) is 25.1. The molecule has 1 amide bonds. The molecule has 0 radical (unpaired) electrons. The van der Waals surface area contributed by atoms with Crippen LogP contribution in [0.2, 0.25) is 0 Å². The first kappa shape index (κ1) is 15.5. The van der Waals surface area contributed by atoms with E-state index < -0.39 is 23.6 Å². The van der Waals surface area contributed by atoms with Crippen LogP contribution < -0.4 is 5.32 Å². The molecule has 2 N–H and O–H groups in total. The van der Waals surface area contributed by atoms with Crippen LogP contribution in [0, 0.1) is 5.92 Å². The Balaban J connectivity index is 2.06. The van der Waals surface area contributed by atoms with Gasteiger partial charge in [0.1, 0.15) is 5.83 Å². The van der Waals surface area contributed by atoms with E-state index in [1.54, 1.807) is 6.92 Å². The van der Waals surface area contributed by atoms with E-state index in [1.807, 2.05) is 4.90 Å². The minimum Gasteiger partial charge on any atom is -0.515 e. The molecule has 1 aliphatic carbocycles. The summed E-state index contributed by atoms with van der Waals surface area (Å²) in [6, 6.07) is -0.313. The number of amides is 1. The van der Waals surface area contributed by atoms with Crippen molar-refractivity contribution in [3.63, 3.8) is 0 Å². The molecule has 0 aromatic heterocycles. The molecule has 0 aromatic carbocycles. The normalized spacial score (nSPS) is 31.6. The Kier molecular flexibility index (Phi) is 4.62. The number of methoxy groups -OCH3 is 1. The van der Waals surface area contributed by atoms with E-state index in [2.05, 4.69) is 10.1 Å². The Morgan fingerprint density at radius 3 is 2.90 bits per heavy atom. The topological polar surface area (TPSA) is 78.9 Å². The molecule has 1 heterocycles. The molecule has 0 spiro atoms. The van der Waals surface area contributed by atoms with Gasteiger partial charge in [-0.3, -0.25) is 9.69 Å². The second-order valence-corrected chi connectivity index (χ2v) is 5.25. The highest BCUT2D eigenvalue weighted by Crippen LogP contribution is 2.33. The van der Waals surface area contributed by atoms with Gasteiger partial charge < -0.3 is 15.2 Å². The number of Topliss-reactive ketones (excluding diaryl/α,β-unsaturated/α-hetero) is 1. The SMILES string of the molecule is COC(=O)NCC1CCN1C1C=C(F)C(=CO)C(=O)C1C. The minimum absolute atomic E-state index is 0.0491. The summed E-state index contributed by atoms with van der Waals surface area (Å²) in [5, 5.41) is 11.5. The van der Waals surface area contributed by atoms with Crippen LogP contribution in [0.3, 0.4) is 0 Å². The second-order valence-electron chi connectivity index (χ2n) is 5.25. The first-order valence-corrected chi connectivity index (χ1v) is 6.83. The molecule has 3 unspecified atom stereocenters. The summed E-state index contributed by atoms with van der Waals surface area (Å²) in [6.07, 6.45) is 2.23. The first-order valence-electron chi connectivity index (χ1n) is 6.83. The zero-order chi connectivity index (χ0) is 15.6. The largest absolute Gasteiger partial charge is 0.515 e. The van der Waals surface area contributed by atoms with Gasteiger partial charge in [-0.25, -0.2) is 9.18 Å². The molecule has 3 atom stereocenters. The first-order chi connectivity index (χ1) is 9.99. The van der Waals surface area contributed by atoms with E-state index in [1.165, 1.54) is 13.2 Å². The number of halogens is 1. The molecule has 7 heteroatoms. The van der Waals surface area contributed by atoms with Crippen LogP contribution in [0.1, 0.15) is 13.3 Å². The summed E-state index contributed by atoms with van der Waals surface area (Å²) in [5.74, 6) is -1.55. The van der Waals surface area contributed by atoms with Gasteiger partial charge in [0.2, 0.25) is 0 Å². The number of aliphatic hydroxyl groups excluding tert-OH is 1. The number of allylic oxidation sites excluding steroid dienone is 2. The number of hydrogen-bond acceptors (Lipinski definition) is 5. The lowest BCUT2D eigenvalue weighted by molar-refractivity contribution is -0.122. The lowest BCUT2D eigenvalue weighted by atomic mass is 9.82. The Labute approximate surface area is 122 Å². The van der Waals surface area contributed by atoms with E-state index in [4.69, 9.17) is 5.11 Å². The average molecular weight is 298 g/mol. The van der Waals surface area contributed by atoms with Gasteiger partial charge in [0.15, 0.2) is 5.78 Å². The van der Waals surface area contributed by atoms with E-state index in [0.29, 0.717) is 12.8 Å².